The Morgan fingerprint density at radius 3 is 3.27 bits per heavy atom. The van der Waals surface area contributed by atoms with Crippen LogP contribution in [-0.4, -0.2) is 0 Å². The number of hydrogen-bond donors (Lipinski definition) is 0. The van der Waals surface area contributed by atoms with Crippen molar-refractivity contribution in [1.82, 2.24) is 0 Å². The maximum absolute atomic E-state index is 2.46. The zero-order chi connectivity index (χ0) is 7.68. The van der Waals surface area contributed by atoms with Crippen molar-refractivity contribution in [3.05, 3.63) is 23.3 Å². The lowest BCUT2D eigenvalue weighted by Gasteiger charge is -2.01. The Kier molecular flexibility index (Phi) is 1.85. The molecule has 0 saturated heterocycles. The van der Waals surface area contributed by atoms with Crippen LogP contribution in [0.3, 0.4) is 0 Å². The van der Waals surface area contributed by atoms with E-state index in [1.165, 1.54) is 32.1 Å². The SMILES string of the molecule is CC/C=C1\CC[C@@H]2CCC=C12. The Morgan fingerprint density at radius 1 is 1.55 bits per heavy atom. The highest BCUT2D eigenvalue weighted by Gasteiger charge is 2.27. The van der Waals surface area contributed by atoms with Crippen LogP contribution in [0, 0.1) is 5.92 Å². The molecule has 0 radical (unpaired) electrons. The van der Waals surface area contributed by atoms with Crippen LogP contribution in [0.15, 0.2) is 23.3 Å². The summed E-state index contributed by atoms with van der Waals surface area (Å²) in [7, 11) is 0. The highest BCUT2D eigenvalue weighted by atomic mass is 14.3. The molecule has 0 aliphatic heterocycles. The molecule has 2 aliphatic carbocycles. The van der Waals surface area contributed by atoms with Crippen LogP contribution in [0.4, 0.5) is 0 Å². The first-order chi connectivity index (χ1) is 5.42. The summed E-state index contributed by atoms with van der Waals surface area (Å²) >= 11 is 0. The molecule has 0 N–H and O–H groups in total. The fourth-order valence-corrected chi connectivity index (χ4v) is 2.40. The summed E-state index contributed by atoms with van der Waals surface area (Å²) in [5, 5.41) is 0. The molecule has 2 aliphatic rings. The lowest BCUT2D eigenvalue weighted by Crippen LogP contribution is -1.88. The monoisotopic (exact) mass is 148 g/mol. The van der Waals surface area contributed by atoms with E-state index in [1.807, 2.05) is 0 Å². The minimum atomic E-state index is 0.952. The molecule has 0 aromatic carbocycles. The molecular formula is C11H16. The molecule has 11 heavy (non-hydrogen) atoms. The molecule has 2 rings (SSSR count). The largest absolute Gasteiger partial charge is 0.0813 e. The van der Waals surface area contributed by atoms with Crippen molar-refractivity contribution in [1.29, 1.82) is 0 Å². The van der Waals surface area contributed by atoms with Gasteiger partial charge in [0.05, 0.1) is 0 Å². The van der Waals surface area contributed by atoms with Gasteiger partial charge in [0.25, 0.3) is 0 Å². The van der Waals surface area contributed by atoms with E-state index in [2.05, 4.69) is 19.1 Å². The van der Waals surface area contributed by atoms with Crippen LogP contribution in [-0.2, 0) is 0 Å². The third-order valence-electron chi connectivity index (χ3n) is 2.90. The highest BCUT2D eigenvalue weighted by molar-refractivity contribution is 5.39. The Labute approximate surface area is 69.0 Å². The molecule has 0 unspecified atom stereocenters. The van der Waals surface area contributed by atoms with Gasteiger partial charge in [-0.05, 0) is 49.2 Å². The molecular weight excluding hydrogens is 132 g/mol. The second-order valence-electron chi connectivity index (χ2n) is 3.61. The van der Waals surface area contributed by atoms with Crippen molar-refractivity contribution < 1.29 is 0 Å². The lowest BCUT2D eigenvalue weighted by atomic mass is 10.0. The van der Waals surface area contributed by atoms with E-state index in [0.29, 0.717) is 0 Å². The fraction of sp³-hybridized carbons (Fsp3) is 0.636. The number of allylic oxidation sites excluding steroid dienone is 4. The Hall–Kier alpha value is -0.520. The summed E-state index contributed by atoms with van der Waals surface area (Å²) in [6.07, 6.45) is 11.6. The van der Waals surface area contributed by atoms with E-state index in [9.17, 15) is 0 Å². The van der Waals surface area contributed by atoms with Gasteiger partial charge in [-0.3, -0.25) is 0 Å². The first kappa shape index (κ1) is 7.15. The van der Waals surface area contributed by atoms with E-state index >= 15 is 0 Å². The maximum atomic E-state index is 2.46. The van der Waals surface area contributed by atoms with Crippen LogP contribution in [0.1, 0.15) is 39.0 Å². The fourth-order valence-electron chi connectivity index (χ4n) is 2.40. The lowest BCUT2D eigenvalue weighted by molar-refractivity contribution is 0.611. The van der Waals surface area contributed by atoms with Crippen molar-refractivity contribution in [3.63, 3.8) is 0 Å². The quantitative estimate of drug-likeness (QED) is 0.534. The van der Waals surface area contributed by atoms with Gasteiger partial charge in [-0.25, -0.2) is 0 Å². The van der Waals surface area contributed by atoms with Crippen molar-refractivity contribution >= 4 is 0 Å². The minimum Gasteiger partial charge on any atom is -0.0813 e. The first-order valence-corrected chi connectivity index (χ1v) is 4.81. The van der Waals surface area contributed by atoms with Gasteiger partial charge in [-0.1, -0.05) is 19.1 Å². The topological polar surface area (TPSA) is 0 Å². The second kappa shape index (κ2) is 2.84. The molecule has 0 heteroatoms. The zero-order valence-corrected chi connectivity index (χ0v) is 7.27. The molecule has 0 spiro atoms. The Balaban J connectivity index is 2.20. The predicted molar refractivity (Wildman–Crippen MR) is 48.4 cm³/mol. The molecule has 0 aromatic heterocycles. The molecule has 0 bridgehead atoms. The summed E-state index contributed by atoms with van der Waals surface area (Å²) < 4.78 is 0. The predicted octanol–water partition coefficient (Wildman–Crippen LogP) is 3.45. The molecule has 0 amide bonds. The van der Waals surface area contributed by atoms with Gasteiger partial charge in [-0.15, -0.1) is 0 Å². The van der Waals surface area contributed by atoms with E-state index in [0.717, 1.165) is 5.92 Å². The van der Waals surface area contributed by atoms with E-state index in [-0.39, 0.29) is 0 Å². The van der Waals surface area contributed by atoms with Crippen molar-refractivity contribution in [2.45, 2.75) is 39.0 Å². The minimum absolute atomic E-state index is 0.952. The summed E-state index contributed by atoms with van der Waals surface area (Å²) in [4.78, 5) is 0. The molecule has 1 saturated carbocycles. The Bertz CT molecular complexity index is 208. The number of fused-ring (bicyclic) bond motifs is 1. The molecule has 1 atom stereocenters. The van der Waals surface area contributed by atoms with Crippen LogP contribution in [0.5, 0.6) is 0 Å². The van der Waals surface area contributed by atoms with Gasteiger partial charge in [-0.2, -0.15) is 0 Å². The van der Waals surface area contributed by atoms with Gasteiger partial charge in [0.15, 0.2) is 0 Å². The summed E-state index contributed by atoms with van der Waals surface area (Å²) in [5.41, 5.74) is 3.36. The molecule has 1 fully saturated rings. The van der Waals surface area contributed by atoms with Gasteiger partial charge in [0.2, 0.25) is 0 Å². The summed E-state index contributed by atoms with van der Waals surface area (Å²) in [6, 6.07) is 0. The van der Waals surface area contributed by atoms with E-state index < -0.39 is 0 Å². The standard InChI is InChI=1S/C11H16/c1-2-4-9-7-8-10-5-3-6-11(9)10/h4,6,10H,2-3,5,7-8H2,1H3/b9-4+/t10-/m0/s1. The van der Waals surface area contributed by atoms with Gasteiger partial charge in [0.1, 0.15) is 0 Å². The van der Waals surface area contributed by atoms with Crippen LogP contribution < -0.4 is 0 Å². The van der Waals surface area contributed by atoms with Crippen LogP contribution >= 0.6 is 0 Å². The summed E-state index contributed by atoms with van der Waals surface area (Å²) in [5.74, 6) is 0.952. The molecule has 0 nitrogen and oxygen atoms in total. The maximum Gasteiger partial charge on any atom is -0.0156 e. The molecule has 0 heterocycles. The van der Waals surface area contributed by atoms with Crippen molar-refractivity contribution in [3.8, 4) is 0 Å². The third kappa shape index (κ3) is 1.15. The Morgan fingerprint density at radius 2 is 2.45 bits per heavy atom. The number of hydrogen-bond acceptors (Lipinski definition) is 0. The molecule has 0 aromatic rings. The second-order valence-corrected chi connectivity index (χ2v) is 3.61. The van der Waals surface area contributed by atoms with Crippen LogP contribution in [0.25, 0.3) is 0 Å². The highest BCUT2D eigenvalue weighted by Crippen LogP contribution is 2.43. The molecule has 60 valence electrons. The average Bonchev–Trinajstić information content (AvgIpc) is 2.53. The average molecular weight is 148 g/mol. The first-order valence-electron chi connectivity index (χ1n) is 4.81. The number of rotatable bonds is 1. The van der Waals surface area contributed by atoms with Gasteiger partial charge < -0.3 is 0 Å². The normalized spacial score (nSPS) is 32.6. The zero-order valence-electron chi connectivity index (χ0n) is 7.27. The van der Waals surface area contributed by atoms with Gasteiger partial charge in [0, 0.05) is 0 Å². The third-order valence-corrected chi connectivity index (χ3v) is 2.90. The van der Waals surface area contributed by atoms with E-state index in [4.69, 9.17) is 0 Å². The van der Waals surface area contributed by atoms with Gasteiger partial charge >= 0.3 is 0 Å². The van der Waals surface area contributed by atoms with Crippen LogP contribution in [0.2, 0.25) is 0 Å². The van der Waals surface area contributed by atoms with E-state index in [1.54, 1.807) is 11.1 Å². The van der Waals surface area contributed by atoms with Crippen molar-refractivity contribution in [2.75, 3.05) is 0 Å². The smallest absolute Gasteiger partial charge is 0.0156 e. The summed E-state index contributed by atoms with van der Waals surface area (Å²) in [6.45, 7) is 2.23. The van der Waals surface area contributed by atoms with Crippen molar-refractivity contribution in [2.24, 2.45) is 5.92 Å².